The molecule has 0 aromatic carbocycles. The SMILES string of the molecule is CC(=O)[C@H](O)[C@@H](O)[C@H](O)[C@H](O)CO.OCC(O)CO. The van der Waals surface area contributed by atoms with Crippen molar-refractivity contribution >= 4 is 5.78 Å². The van der Waals surface area contributed by atoms with Gasteiger partial charge in [-0.05, 0) is 6.92 Å². The van der Waals surface area contributed by atoms with E-state index in [1.807, 2.05) is 0 Å². The number of aliphatic hydroxyl groups is 8. The van der Waals surface area contributed by atoms with Gasteiger partial charge >= 0.3 is 0 Å². The minimum Gasteiger partial charge on any atom is -0.394 e. The first-order chi connectivity index (χ1) is 8.72. The minimum atomic E-state index is -1.79. The Labute approximate surface area is 110 Å². The molecule has 0 rings (SSSR count). The maximum absolute atomic E-state index is 10.5. The molecule has 9 heteroatoms. The summed E-state index contributed by atoms with van der Waals surface area (Å²) in [6.45, 7) is -0.457. The van der Waals surface area contributed by atoms with Crippen LogP contribution in [0.1, 0.15) is 6.92 Å². The molecule has 0 unspecified atom stereocenters. The maximum Gasteiger partial charge on any atom is 0.160 e. The van der Waals surface area contributed by atoms with E-state index in [2.05, 4.69) is 0 Å². The van der Waals surface area contributed by atoms with Gasteiger partial charge in [-0.2, -0.15) is 0 Å². The molecule has 8 N–H and O–H groups in total. The number of carbonyl (C=O) groups excluding carboxylic acids is 1. The Morgan fingerprint density at radius 3 is 1.47 bits per heavy atom. The van der Waals surface area contributed by atoms with E-state index in [1.165, 1.54) is 0 Å². The molecule has 9 nitrogen and oxygen atoms in total. The standard InChI is InChI=1S/C7H14O6.C3H8O3/c1-3(9)5(11)7(13)6(12)4(10)2-8;4-1-3(6)2-5/h4-8,10-13H,2H2,1H3;3-6H,1-2H2/t4-,5+,6-,7-;/m1./s1. The van der Waals surface area contributed by atoms with E-state index in [4.69, 9.17) is 40.9 Å². The van der Waals surface area contributed by atoms with Gasteiger partial charge in [0.2, 0.25) is 0 Å². The first kappa shape index (κ1) is 20.7. The molecule has 0 aliphatic rings. The fourth-order valence-corrected chi connectivity index (χ4v) is 0.821. The normalized spacial score (nSPS) is 17.2. The predicted octanol–water partition coefficient (Wildman–Crippen LogP) is -4.66. The summed E-state index contributed by atoms with van der Waals surface area (Å²) in [5, 5.41) is 68.3. The average molecular weight is 286 g/mol. The fourth-order valence-electron chi connectivity index (χ4n) is 0.821. The summed E-state index contributed by atoms with van der Waals surface area (Å²) in [7, 11) is 0. The molecule has 0 aromatic heterocycles. The summed E-state index contributed by atoms with van der Waals surface area (Å²) in [5.41, 5.74) is 0. The Balaban J connectivity index is 0. The molecule has 0 aliphatic carbocycles. The largest absolute Gasteiger partial charge is 0.394 e. The third kappa shape index (κ3) is 8.97. The van der Waals surface area contributed by atoms with E-state index in [9.17, 15) is 4.79 Å². The third-order valence-electron chi connectivity index (χ3n) is 2.09. The molecule has 0 spiro atoms. The van der Waals surface area contributed by atoms with Crippen molar-refractivity contribution in [2.24, 2.45) is 0 Å². The van der Waals surface area contributed by atoms with Crippen LogP contribution in [0.15, 0.2) is 0 Å². The number of Topliss-reactive ketones (excluding diaryl/α,β-unsaturated/α-hetero) is 1. The van der Waals surface area contributed by atoms with E-state index in [0.29, 0.717) is 0 Å². The van der Waals surface area contributed by atoms with Crippen LogP contribution < -0.4 is 0 Å². The lowest BCUT2D eigenvalue weighted by Crippen LogP contribution is -2.48. The lowest BCUT2D eigenvalue weighted by Gasteiger charge is -2.23. The van der Waals surface area contributed by atoms with Crippen LogP contribution in [-0.2, 0) is 4.79 Å². The van der Waals surface area contributed by atoms with Crippen LogP contribution in [0.3, 0.4) is 0 Å². The summed E-state index contributed by atoms with van der Waals surface area (Å²) in [4.78, 5) is 10.5. The highest BCUT2D eigenvalue weighted by atomic mass is 16.4. The van der Waals surface area contributed by atoms with Crippen LogP contribution in [0.4, 0.5) is 0 Å². The molecule has 0 amide bonds. The zero-order valence-electron chi connectivity index (χ0n) is 10.5. The van der Waals surface area contributed by atoms with Crippen LogP contribution >= 0.6 is 0 Å². The number of aliphatic hydroxyl groups excluding tert-OH is 8. The molecule has 0 fully saturated rings. The Kier molecular flexibility index (Phi) is 12.2. The van der Waals surface area contributed by atoms with Crippen molar-refractivity contribution in [1.82, 2.24) is 0 Å². The highest BCUT2D eigenvalue weighted by Crippen LogP contribution is 2.05. The van der Waals surface area contributed by atoms with E-state index in [1.54, 1.807) is 0 Å². The van der Waals surface area contributed by atoms with Gasteiger partial charge in [0.25, 0.3) is 0 Å². The Morgan fingerprint density at radius 2 is 1.26 bits per heavy atom. The van der Waals surface area contributed by atoms with Crippen molar-refractivity contribution in [2.45, 2.75) is 37.4 Å². The fraction of sp³-hybridized carbons (Fsp3) is 0.900. The quantitative estimate of drug-likeness (QED) is 0.228. The van der Waals surface area contributed by atoms with E-state index in [-0.39, 0.29) is 13.2 Å². The van der Waals surface area contributed by atoms with Crippen molar-refractivity contribution in [1.29, 1.82) is 0 Å². The number of hydrogen-bond donors (Lipinski definition) is 8. The van der Waals surface area contributed by atoms with Crippen molar-refractivity contribution in [3.63, 3.8) is 0 Å². The summed E-state index contributed by atoms with van der Waals surface area (Å²) in [6, 6.07) is 0. The van der Waals surface area contributed by atoms with Crippen LogP contribution in [0.25, 0.3) is 0 Å². The Morgan fingerprint density at radius 1 is 0.842 bits per heavy atom. The molecule has 0 heterocycles. The second kappa shape index (κ2) is 11.2. The molecule has 19 heavy (non-hydrogen) atoms. The first-order valence-corrected chi connectivity index (χ1v) is 5.46. The molecule has 4 atom stereocenters. The van der Waals surface area contributed by atoms with E-state index >= 15 is 0 Å². The lowest BCUT2D eigenvalue weighted by molar-refractivity contribution is -0.145. The second-order valence-electron chi connectivity index (χ2n) is 3.81. The monoisotopic (exact) mass is 286 g/mol. The topological polar surface area (TPSA) is 179 Å². The molecule has 0 bridgehead atoms. The van der Waals surface area contributed by atoms with Crippen molar-refractivity contribution in [2.75, 3.05) is 19.8 Å². The first-order valence-electron chi connectivity index (χ1n) is 5.46. The molecular weight excluding hydrogens is 264 g/mol. The maximum atomic E-state index is 10.5. The zero-order chi connectivity index (χ0) is 15.6. The smallest absolute Gasteiger partial charge is 0.160 e. The van der Waals surface area contributed by atoms with Gasteiger partial charge in [0, 0.05) is 0 Å². The lowest BCUT2D eigenvalue weighted by atomic mass is 10.0. The minimum absolute atomic E-state index is 0.365. The van der Waals surface area contributed by atoms with Crippen LogP contribution in [0.5, 0.6) is 0 Å². The van der Waals surface area contributed by atoms with E-state index < -0.39 is 42.9 Å². The second-order valence-corrected chi connectivity index (χ2v) is 3.81. The van der Waals surface area contributed by atoms with Crippen LogP contribution in [-0.4, -0.2) is 97.0 Å². The summed E-state index contributed by atoms with van der Waals surface area (Å²) < 4.78 is 0. The van der Waals surface area contributed by atoms with Crippen molar-refractivity contribution < 1.29 is 45.6 Å². The highest BCUT2D eigenvalue weighted by molar-refractivity contribution is 5.80. The molecular formula is C10H22O9. The molecule has 0 aliphatic heterocycles. The predicted molar refractivity (Wildman–Crippen MR) is 62.0 cm³/mol. The number of carbonyl (C=O) groups is 1. The van der Waals surface area contributed by atoms with Gasteiger partial charge in [-0.1, -0.05) is 0 Å². The number of hydrogen-bond acceptors (Lipinski definition) is 9. The van der Waals surface area contributed by atoms with Gasteiger partial charge < -0.3 is 40.9 Å². The van der Waals surface area contributed by atoms with Gasteiger partial charge in [0.15, 0.2) is 5.78 Å². The van der Waals surface area contributed by atoms with Crippen LogP contribution in [0, 0.1) is 0 Å². The summed E-state index contributed by atoms with van der Waals surface area (Å²) in [6.07, 6.45) is -7.83. The molecule has 0 aromatic rings. The molecule has 0 saturated carbocycles. The van der Waals surface area contributed by atoms with Gasteiger partial charge in [-0.3, -0.25) is 4.79 Å². The van der Waals surface area contributed by atoms with Crippen molar-refractivity contribution in [3.05, 3.63) is 0 Å². The Bertz CT molecular complexity index is 231. The average Bonchev–Trinajstić information content (AvgIpc) is 2.43. The summed E-state index contributed by atoms with van der Waals surface area (Å²) in [5.74, 6) is -0.725. The van der Waals surface area contributed by atoms with E-state index in [0.717, 1.165) is 6.92 Å². The molecule has 0 saturated heterocycles. The van der Waals surface area contributed by atoms with Crippen LogP contribution in [0.2, 0.25) is 0 Å². The number of ketones is 1. The zero-order valence-corrected chi connectivity index (χ0v) is 10.5. The highest BCUT2D eigenvalue weighted by Gasteiger charge is 2.32. The summed E-state index contributed by atoms with van der Waals surface area (Å²) >= 11 is 0. The molecule has 116 valence electrons. The van der Waals surface area contributed by atoms with Gasteiger partial charge in [0.1, 0.15) is 30.5 Å². The third-order valence-corrected chi connectivity index (χ3v) is 2.09. The Hall–Kier alpha value is -0.650. The molecule has 0 radical (unpaired) electrons. The van der Waals surface area contributed by atoms with Gasteiger partial charge in [0.05, 0.1) is 19.8 Å². The van der Waals surface area contributed by atoms with Crippen molar-refractivity contribution in [3.8, 4) is 0 Å². The number of rotatable bonds is 7. The van der Waals surface area contributed by atoms with Gasteiger partial charge in [-0.15, -0.1) is 0 Å². The van der Waals surface area contributed by atoms with Gasteiger partial charge in [-0.25, -0.2) is 0 Å².